The molecule has 1 aliphatic heterocycles. The van der Waals surface area contributed by atoms with Crippen LogP contribution < -0.4 is 20.1 Å². The molecule has 2 amide bonds. The van der Waals surface area contributed by atoms with Crippen molar-refractivity contribution in [1.82, 2.24) is 5.32 Å². The van der Waals surface area contributed by atoms with Crippen LogP contribution in [-0.4, -0.2) is 35.9 Å². The summed E-state index contributed by atoms with van der Waals surface area (Å²) in [6.07, 6.45) is 0.0669. The highest BCUT2D eigenvalue weighted by Gasteiger charge is 2.32. The topological polar surface area (TPSA) is 89.0 Å². The van der Waals surface area contributed by atoms with Crippen molar-refractivity contribution in [3.8, 4) is 11.5 Å². The molecule has 0 bridgehead atoms. The van der Waals surface area contributed by atoms with Crippen molar-refractivity contribution in [2.75, 3.05) is 19.0 Å². The highest BCUT2D eigenvalue weighted by atomic mass is 32.2. The highest BCUT2D eigenvalue weighted by Crippen LogP contribution is 2.25. The molecule has 2 aromatic carbocycles. The molecule has 7 nitrogen and oxygen atoms in total. The van der Waals surface area contributed by atoms with Gasteiger partial charge in [-0.1, -0.05) is 30.0 Å². The van der Waals surface area contributed by atoms with Gasteiger partial charge in [-0.2, -0.15) is 0 Å². The molecular weight excluding hydrogens is 390 g/mol. The maximum Gasteiger partial charge on any atom is 0.240 e. The van der Waals surface area contributed by atoms with Gasteiger partial charge in [-0.05, 0) is 37.3 Å². The first-order chi connectivity index (χ1) is 14.1. The Hall–Kier alpha value is -3.00. The number of carbonyl (C=O) groups excluding carboxylic acids is 2. The minimum absolute atomic E-state index is 0.0669. The lowest BCUT2D eigenvalue weighted by atomic mass is 10.2. The number of amidine groups is 1. The Labute approximate surface area is 173 Å². The molecule has 0 aromatic heterocycles. The van der Waals surface area contributed by atoms with Crippen LogP contribution in [0.25, 0.3) is 0 Å². The molecule has 1 heterocycles. The first-order valence-electron chi connectivity index (χ1n) is 9.25. The summed E-state index contributed by atoms with van der Waals surface area (Å²) in [5.41, 5.74) is 1.58. The Bertz CT molecular complexity index is 899. The maximum atomic E-state index is 12.3. The molecule has 2 N–H and O–H groups in total. The predicted molar refractivity (Wildman–Crippen MR) is 115 cm³/mol. The Balaban J connectivity index is 1.54. The first kappa shape index (κ1) is 20.7. The monoisotopic (exact) mass is 413 g/mol. The number of amides is 2. The van der Waals surface area contributed by atoms with Crippen molar-refractivity contribution in [2.45, 2.75) is 25.1 Å². The summed E-state index contributed by atoms with van der Waals surface area (Å²) in [6.45, 7) is 2.88. The number of hydrogen-bond donors (Lipinski definition) is 2. The molecule has 0 saturated carbocycles. The van der Waals surface area contributed by atoms with Crippen LogP contribution in [0.15, 0.2) is 53.5 Å². The van der Waals surface area contributed by atoms with Crippen molar-refractivity contribution >= 4 is 34.4 Å². The summed E-state index contributed by atoms with van der Waals surface area (Å²) in [6, 6.07) is 14.7. The molecular formula is C21H23N3O4S. The van der Waals surface area contributed by atoms with E-state index in [4.69, 9.17) is 9.47 Å². The minimum Gasteiger partial charge on any atom is -0.496 e. The second-order valence-corrected chi connectivity index (χ2v) is 7.43. The second kappa shape index (κ2) is 9.97. The van der Waals surface area contributed by atoms with Crippen molar-refractivity contribution in [3.05, 3.63) is 54.1 Å². The molecule has 1 atom stereocenters. The van der Waals surface area contributed by atoms with Gasteiger partial charge in [0, 0.05) is 17.7 Å². The van der Waals surface area contributed by atoms with Crippen molar-refractivity contribution < 1.29 is 19.1 Å². The molecule has 1 aliphatic rings. The van der Waals surface area contributed by atoms with Gasteiger partial charge in [0.15, 0.2) is 5.17 Å². The number of carbonyl (C=O) groups is 2. The number of ether oxygens (including phenoxy) is 2. The number of methoxy groups -OCH3 is 1. The molecule has 1 fully saturated rings. The maximum absolute atomic E-state index is 12.3. The summed E-state index contributed by atoms with van der Waals surface area (Å²) >= 11 is 1.27. The second-order valence-electron chi connectivity index (χ2n) is 6.24. The van der Waals surface area contributed by atoms with Gasteiger partial charge in [0.1, 0.15) is 16.7 Å². The van der Waals surface area contributed by atoms with E-state index in [1.54, 1.807) is 31.4 Å². The summed E-state index contributed by atoms with van der Waals surface area (Å²) < 4.78 is 10.7. The van der Waals surface area contributed by atoms with Crippen LogP contribution in [0, 0.1) is 0 Å². The van der Waals surface area contributed by atoms with E-state index in [-0.39, 0.29) is 18.2 Å². The fraction of sp³-hybridized carbons (Fsp3) is 0.286. The number of benzene rings is 2. The van der Waals surface area contributed by atoms with Gasteiger partial charge in [0.25, 0.3) is 0 Å². The summed E-state index contributed by atoms with van der Waals surface area (Å²) in [5.74, 6) is 1.05. The Kier molecular flexibility index (Phi) is 7.13. The third kappa shape index (κ3) is 5.74. The number of rotatable bonds is 8. The average Bonchev–Trinajstić information content (AvgIpc) is 3.07. The van der Waals surface area contributed by atoms with Gasteiger partial charge in [-0.3, -0.25) is 14.6 Å². The van der Waals surface area contributed by atoms with Crippen LogP contribution in [0.3, 0.4) is 0 Å². The standard InChI is InChI=1S/C21H23N3O4S/c1-3-28-16-10-8-15(9-11-16)23-19(25)12-18-20(26)24-21(29-18)22-13-14-6-4-5-7-17(14)27-2/h4-11,18H,3,12-13H2,1-2H3,(H,23,25)(H,22,24,26)/t18-/m1/s1. The molecule has 8 heteroatoms. The van der Waals surface area contributed by atoms with E-state index in [0.717, 1.165) is 17.1 Å². The number of anilines is 1. The molecule has 1 saturated heterocycles. The normalized spacial score (nSPS) is 17.1. The molecule has 0 unspecified atom stereocenters. The van der Waals surface area contributed by atoms with Crippen LogP contribution in [0.4, 0.5) is 5.69 Å². The molecule has 152 valence electrons. The zero-order chi connectivity index (χ0) is 20.6. The van der Waals surface area contributed by atoms with E-state index in [0.29, 0.717) is 24.0 Å². The zero-order valence-corrected chi connectivity index (χ0v) is 17.1. The van der Waals surface area contributed by atoms with E-state index >= 15 is 0 Å². The highest BCUT2D eigenvalue weighted by molar-refractivity contribution is 8.15. The van der Waals surface area contributed by atoms with Crippen LogP contribution in [0.2, 0.25) is 0 Å². The fourth-order valence-corrected chi connectivity index (χ4v) is 3.76. The van der Waals surface area contributed by atoms with Crippen LogP contribution in [0.1, 0.15) is 18.9 Å². The minimum atomic E-state index is -0.505. The van der Waals surface area contributed by atoms with Crippen molar-refractivity contribution in [2.24, 2.45) is 4.99 Å². The van der Waals surface area contributed by atoms with Crippen LogP contribution in [-0.2, 0) is 16.1 Å². The summed E-state index contributed by atoms with van der Waals surface area (Å²) in [5, 5.41) is 5.55. The number of para-hydroxylation sites is 1. The molecule has 0 aliphatic carbocycles. The number of thioether (sulfide) groups is 1. The predicted octanol–water partition coefficient (Wildman–Crippen LogP) is 3.21. The molecule has 2 aromatic rings. The fourth-order valence-electron chi connectivity index (χ4n) is 2.79. The number of nitrogens with zero attached hydrogens (tertiary/aromatic N) is 1. The van der Waals surface area contributed by atoms with Gasteiger partial charge in [0.05, 0.1) is 20.3 Å². The van der Waals surface area contributed by atoms with E-state index < -0.39 is 5.25 Å². The van der Waals surface area contributed by atoms with Crippen LogP contribution >= 0.6 is 11.8 Å². The largest absolute Gasteiger partial charge is 0.496 e. The molecule has 0 radical (unpaired) electrons. The van der Waals surface area contributed by atoms with Crippen molar-refractivity contribution in [3.63, 3.8) is 0 Å². The number of hydrogen-bond acceptors (Lipinski definition) is 6. The third-order valence-corrected chi connectivity index (χ3v) is 5.30. The lowest BCUT2D eigenvalue weighted by molar-refractivity contribution is -0.122. The SMILES string of the molecule is CCOc1ccc(NC(=O)C[C@H]2SC(=NCc3ccccc3OC)NC2=O)cc1. The quantitative estimate of drug-likeness (QED) is 0.694. The summed E-state index contributed by atoms with van der Waals surface area (Å²) in [7, 11) is 1.61. The van der Waals surface area contributed by atoms with Crippen molar-refractivity contribution in [1.29, 1.82) is 0 Å². The van der Waals surface area contributed by atoms with Gasteiger partial charge < -0.3 is 20.1 Å². The van der Waals surface area contributed by atoms with E-state index in [9.17, 15) is 9.59 Å². The Morgan fingerprint density at radius 1 is 1.21 bits per heavy atom. The van der Waals surface area contributed by atoms with Gasteiger partial charge in [-0.25, -0.2) is 0 Å². The molecule has 0 spiro atoms. The van der Waals surface area contributed by atoms with Crippen LogP contribution in [0.5, 0.6) is 11.5 Å². The average molecular weight is 413 g/mol. The van der Waals surface area contributed by atoms with E-state index in [1.165, 1.54) is 11.8 Å². The molecule has 3 rings (SSSR count). The molecule has 29 heavy (non-hydrogen) atoms. The smallest absolute Gasteiger partial charge is 0.240 e. The summed E-state index contributed by atoms with van der Waals surface area (Å²) in [4.78, 5) is 28.9. The zero-order valence-electron chi connectivity index (χ0n) is 16.3. The van der Waals surface area contributed by atoms with E-state index in [1.807, 2.05) is 31.2 Å². The number of aliphatic imine (C=N–C) groups is 1. The third-order valence-electron chi connectivity index (χ3n) is 4.18. The lowest BCUT2D eigenvalue weighted by Crippen LogP contribution is -2.28. The first-order valence-corrected chi connectivity index (χ1v) is 10.1. The van der Waals surface area contributed by atoms with E-state index in [2.05, 4.69) is 15.6 Å². The van der Waals surface area contributed by atoms with Gasteiger partial charge in [0.2, 0.25) is 11.8 Å². The lowest BCUT2D eigenvalue weighted by Gasteiger charge is -2.08. The Morgan fingerprint density at radius 3 is 2.69 bits per heavy atom. The Morgan fingerprint density at radius 2 is 1.97 bits per heavy atom. The van der Waals surface area contributed by atoms with Gasteiger partial charge in [-0.15, -0.1) is 0 Å². The number of nitrogens with one attached hydrogen (secondary N) is 2. The van der Waals surface area contributed by atoms with Gasteiger partial charge >= 0.3 is 0 Å².